The highest BCUT2D eigenvalue weighted by Gasteiger charge is 2.25. The number of rotatable bonds is 9. The van der Waals surface area contributed by atoms with E-state index in [2.05, 4.69) is 0 Å². The third kappa shape index (κ3) is 5.12. The van der Waals surface area contributed by atoms with Crippen molar-refractivity contribution in [3.8, 4) is 16.9 Å². The Labute approximate surface area is 190 Å². The summed E-state index contributed by atoms with van der Waals surface area (Å²) in [5.74, 6) is -0.656. The zero-order chi connectivity index (χ0) is 23.2. The van der Waals surface area contributed by atoms with E-state index in [0.29, 0.717) is 23.3 Å². The number of carbonyl (C=O) groups excluding carboxylic acids is 1. The lowest BCUT2D eigenvalue weighted by Gasteiger charge is -2.10. The van der Waals surface area contributed by atoms with Crippen LogP contribution in [0.15, 0.2) is 86.6 Å². The summed E-state index contributed by atoms with van der Waals surface area (Å²) >= 11 is 0. The third-order valence-electron chi connectivity index (χ3n) is 5.16. The molecule has 0 saturated carbocycles. The maximum absolute atomic E-state index is 13.2. The fraction of sp³-hybridized carbons (Fsp3) is 0.185. The lowest BCUT2D eigenvalue weighted by molar-refractivity contribution is 0.0972. The zero-order valence-electron chi connectivity index (χ0n) is 18.2. The molecule has 4 aromatic rings. The monoisotopic (exact) mass is 446 g/mol. The molecule has 6 heteroatoms. The maximum Gasteiger partial charge on any atom is 0.267 e. The molecule has 0 aliphatic carbocycles. The molecule has 0 aliphatic rings. The van der Waals surface area contributed by atoms with Gasteiger partial charge in [-0.05, 0) is 41.8 Å². The second-order valence-electron chi connectivity index (χ2n) is 7.60. The Hall–Kier alpha value is -3.93. The van der Waals surface area contributed by atoms with E-state index in [9.17, 15) is 14.0 Å². The molecule has 0 unspecified atom stereocenters. The van der Waals surface area contributed by atoms with Gasteiger partial charge < -0.3 is 13.6 Å². The van der Waals surface area contributed by atoms with E-state index >= 15 is 0 Å². The van der Waals surface area contributed by atoms with E-state index in [4.69, 9.17) is 13.6 Å². The van der Waals surface area contributed by atoms with Crippen LogP contribution in [0.2, 0.25) is 0 Å². The number of carbonyl (C=O) groups is 1. The highest BCUT2D eigenvalue weighted by Crippen LogP contribution is 2.25. The van der Waals surface area contributed by atoms with Gasteiger partial charge >= 0.3 is 0 Å². The Kier molecular flexibility index (Phi) is 6.83. The minimum Gasteiger partial charge on any atom is -0.486 e. The Balaban J connectivity index is 1.65. The predicted molar refractivity (Wildman–Crippen MR) is 122 cm³/mol. The normalized spacial score (nSPS) is 10.8. The summed E-state index contributed by atoms with van der Waals surface area (Å²) in [7, 11) is 0. The van der Waals surface area contributed by atoms with Crippen LogP contribution in [-0.2, 0) is 6.42 Å². The number of benzene rings is 2. The number of ketones is 1. The molecule has 0 bridgehead atoms. The summed E-state index contributed by atoms with van der Waals surface area (Å²) in [5.41, 5.74) is 1.41. The van der Waals surface area contributed by atoms with Crippen LogP contribution >= 0.6 is 0 Å². The van der Waals surface area contributed by atoms with Gasteiger partial charge in [0.05, 0.1) is 12.2 Å². The first-order valence-corrected chi connectivity index (χ1v) is 10.8. The number of furan rings is 1. The summed E-state index contributed by atoms with van der Waals surface area (Å²) in [6, 6.07) is 18.3. The first-order chi connectivity index (χ1) is 16.1. The summed E-state index contributed by atoms with van der Waals surface area (Å²) in [4.78, 5) is 26.3. The smallest absolute Gasteiger partial charge is 0.267 e. The van der Waals surface area contributed by atoms with Crippen molar-refractivity contribution < 1.29 is 22.8 Å². The second kappa shape index (κ2) is 10.1. The molecule has 0 aliphatic heterocycles. The zero-order valence-corrected chi connectivity index (χ0v) is 18.2. The van der Waals surface area contributed by atoms with Crippen molar-refractivity contribution in [1.82, 2.24) is 0 Å². The van der Waals surface area contributed by atoms with E-state index in [-0.39, 0.29) is 29.7 Å². The van der Waals surface area contributed by atoms with Crippen LogP contribution in [0, 0.1) is 5.82 Å². The van der Waals surface area contributed by atoms with Crippen LogP contribution in [0.5, 0.6) is 5.75 Å². The Morgan fingerprint density at radius 1 is 1.00 bits per heavy atom. The molecule has 0 N–H and O–H groups in total. The molecule has 5 nitrogen and oxygen atoms in total. The first kappa shape index (κ1) is 22.3. The van der Waals surface area contributed by atoms with Gasteiger partial charge in [0, 0.05) is 6.42 Å². The van der Waals surface area contributed by atoms with E-state index < -0.39 is 11.2 Å². The van der Waals surface area contributed by atoms with E-state index in [1.165, 1.54) is 24.5 Å². The molecule has 2 aromatic heterocycles. The molecular weight excluding hydrogens is 423 g/mol. The first-order valence-electron chi connectivity index (χ1n) is 10.8. The van der Waals surface area contributed by atoms with Gasteiger partial charge in [-0.15, -0.1) is 0 Å². The van der Waals surface area contributed by atoms with Gasteiger partial charge in [0.15, 0.2) is 5.76 Å². The third-order valence-corrected chi connectivity index (χ3v) is 5.16. The van der Waals surface area contributed by atoms with Gasteiger partial charge in [0.25, 0.3) is 5.78 Å². The Bertz CT molecular complexity index is 1290. The fourth-order valence-corrected chi connectivity index (χ4v) is 3.38. The molecule has 2 aromatic carbocycles. The molecule has 0 amide bonds. The molecule has 0 fully saturated rings. The van der Waals surface area contributed by atoms with Crippen molar-refractivity contribution in [2.45, 2.75) is 26.2 Å². The summed E-state index contributed by atoms with van der Waals surface area (Å²) in [5, 5.41) is 0. The molecule has 33 heavy (non-hydrogen) atoms. The van der Waals surface area contributed by atoms with Crippen molar-refractivity contribution in [3.63, 3.8) is 0 Å². The predicted octanol–water partition coefficient (Wildman–Crippen LogP) is 6.04. The molecule has 0 radical (unpaired) electrons. The van der Waals surface area contributed by atoms with E-state index in [1.807, 2.05) is 25.1 Å². The number of hydrogen-bond donors (Lipinski definition) is 0. The van der Waals surface area contributed by atoms with Crippen LogP contribution in [0.3, 0.4) is 0 Å². The van der Waals surface area contributed by atoms with Crippen LogP contribution in [0.25, 0.3) is 11.1 Å². The van der Waals surface area contributed by atoms with Crippen molar-refractivity contribution in [2.75, 3.05) is 6.61 Å². The highest BCUT2D eigenvalue weighted by molar-refractivity contribution is 6.07. The van der Waals surface area contributed by atoms with Crippen molar-refractivity contribution >= 4 is 5.78 Å². The van der Waals surface area contributed by atoms with Crippen molar-refractivity contribution in [3.05, 3.63) is 112 Å². The molecule has 168 valence electrons. The topological polar surface area (TPSA) is 69.7 Å². The quantitative estimate of drug-likeness (QED) is 0.232. The van der Waals surface area contributed by atoms with Gasteiger partial charge in [-0.2, -0.15) is 0 Å². The van der Waals surface area contributed by atoms with E-state index in [1.54, 1.807) is 30.3 Å². The molecular formula is C27H23FO5. The Morgan fingerprint density at radius 2 is 1.76 bits per heavy atom. The molecule has 0 saturated heterocycles. The van der Waals surface area contributed by atoms with Gasteiger partial charge in [0.2, 0.25) is 16.9 Å². The van der Waals surface area contributed by atoms with Gasteiger partial charge in [0.1, 0.15) is 17.8 Å². The maximum atomic E-state index is 13.2. The largest absolute Gasteiger partial charge is 0.486 e. The van der Waals surface area contributed by atoms with Crippen LogP contribution < -0.4 is 10.2 Å². The van der Waals surface area contributed by atoms with Gasteiger partial charge in [-0.25, -0.2) is 4.39 Å². The minimum absolute atomic E-state index is 0.0306. The SMILES string of the molecule is CCCCOc1c(C(=O)c2ccc(Cc3ccc(F)cc3)o2)occ(-c2ccccc2)c1=O. The molecule has 4 rings (SSSR count). The number of unbranched alkanes of at least 4 members (excludes halogenated alkanes) is 1. The molecule has 2 heterocycles. The number of hydrogen-bond acceptors (Lipinski definition) is 5. The lowest BCUT2D eigenvalue weighted by Crippen LogP contribution is -2.16. The lowest BCUT2D eigenvalue weighted by atomic mass is 10.1. The average molecular weight is 446 g/mol. The summed E-state index contributed by atoms with van der Waals surface area (Å²) in [6.07, 6.45) is 3.27. The number of halogens is 1. The Morgan fingerprint density at radius 3 is 2.48 bits per heavy atom. The van der Waals surface area contributed by atoms with Crippen molar-refractivity contribution in [2.24, 2.45) is 0 Å². The van der Waals surface area contributed by atoms with Crippen LogP contribution in [0.4, 0.5) is 4.39 Å². The number of ether oxygens (including phenoxy) is 1. The standard InChI is InChI=1S/C27H23FO5/c1-2-3-15-31-26-24(29)22(19-7-5-4-6-8-19)17-32-27(26)25(30)23-14-13-21(33-23)16-18-9-11-20(28)12-10-18/h4-14,17H,2-3,15-16H2,1H3. The van der Waals surface area contributed by atoms with Gasteiger partial charge in [-0.3, -0.25) is 9.59 Å². The summed E-state index contributed by atoms with van der Waals surface area (Å²) < 4.78 is 30.2. The molecule has 0 atom stereocenters. The van der Waals surface area contributed by atoms with Crippen LogP contribution in [-0.4, -0.2) is 12.4 Å². The van der Waals surface area contributed by atoms with Crippen LogP contribution in [0.1, 0.15) is 47.4 Å². The van der Waals surface area contributed by atoms with Crippen molar-refractivity contribution in [1.29, 1.82) is 0 Å². The van der Waals surface area contributed by atoms with E-state index in [0.717, 1.165) is 18.4 Å². The second-order valence-corrected chi connectivity index (χ2v) is 7.60. The summed E-state index contributed by atoms with van der Waals surface area (Å²) in [6.45, 7) is 2.29. The average Bonchev–Trinajstić information content (AvgIpc) is 3.30. The highest BCUT2D eigenvalue weighted by atomic mass is 19.1. The minimum atomic E-state index is -0.580. The van der Waals surface area contributed by atoms with Gasteiger partial charge in [-0.1, -0.05) is 55.8 Å². The molecule has 0 spiro atoms. The fourth-order valence-electron chi connectivity index (χ4n) is 3.38.